The summed E-state index contributed by atoms with van der Waals surface area (Å²) in [7, 11) is 4.08. The zero-order valence-corrected chi connectivity index (χ0v) is 20.8. The molecule has 35 heavy (non-hydrogen) atoms. The molecule has 10 heteroatoms. The normalized spacial score (nSPS) is 16.0. The zero-order valence-electron chi connectivity index (χ0n) is 20.8. The van der Waals surface area contributed by atoms with Crippen molar-refractivity contribution in [3.05, 3.63) is 42.5 Å². The van der Waals surface area contributed by atoms with E-state index < -0.39 is 0 Å². The number of rotatable bonds is 9. The molecular formula is C25H33N9O. The minimum atomic E-state index is -0.00201. The van der Waals surface area contributed by atoms with Gasteiger partial charge in [0.15, 0.2) is 5.82 Å². The highest BCUT2D eigenvalue weighted by Crippen LogP contribution is 2.31. The van der Waals surface area contributed by atoms with Gasteiger partial charge in [0.05, 0.1) is 23.0 Å². The number of hydrogen-bond acceptors (Lipinski definition) is 8. The fourth-order valence-corrected chi connectivity index (χ4v) is 4.09. The topological polar surface area (TPSA) is 104 Å². The maximum atomic E-state index is 13.1. The van der Waals surface area contributed by atoms with Gasteiger partial charge >= 0.3 is 0 Å². The van der Waals surface area contributed by atoms with Crippen LogP contribution in [-0.4, -0.2) is 79.7 Å². The van der Waals surface area contributed by atoms with E-state index in [1.54, 1.807) is 24.7 Å². The Morgan fingerprint density at radius 3 is 2.69 bits per heavy atom. The quantitative estimate of drug-likeness (QED) is 0.487. The van der Waals surface area contributed by atoms with Gasteiger partial charge in [-0.3, -0.25) is 9.48 Å². The molecular weight excluding hydrogens is 442 g/mol. The van der Waals surface area contributed by atoms with E-state index in [-0.39, 0.29) is 11.9 Å². The van der Waals surface area contributed by atoms with E-state index in [4.69, 9.17) is 0 Å². The summed E-state index contributed by atoms with van der Waals surface area (Å²) in [6.07, 6.45) is 9.73. The van der Waals surface area contributed by atoms with Gasteiger partial charge in [0.1, 0.15) is 11.6 Å². The van der Waals surface area contributed by atoms with Crippen molar-refractivity contribution in [2.45, 2.75) is 45.3 Å². The number of nitrogens with zero attached hydrogens (tertiary/aromatic N) is 7. The number of likely N-dealkylation sites (N-methyl/N-ethyl adjacent to an activating group) is 1. The summed E-state index contributed by atoms with van der Waals surface area (Å²) in [6, 6.07) is 4.24. The molecule has 2 fully saturated rings. The predicted octanol–water partition coefficient (Wildman–Crippen LogP) is 3.10. The first-order chi connectivity index (χ1) is 16.9. The fourth-order valence-electron chi connectivity index (χ4n) is 4.09. The van der Waals surface area contributed by atoms with Crippen LogP contribution >= 0.6 is 0 Å². The van der Waals surface area contributed by atoms with Gasteiger partial charge < -0.3 is 20.4 Å². The third-order valence-corrected chi connectivity index (χ3v) is 6.40. The van der Waals surface area contributed by atoms with Crippen molar-refractivity contribution >= 4 is 23.2 Å². The van der Waals surface area contributed by atoms with E-state index in [1.807, 2.05) is 49.8 Å². The van der Waals surface area contributed by atoms with Gasteiger partial charge in [-0.2, -0.15) is 5.10 Å². The number of pyridine rings is 1. The number of likely N-dealkylation sites (tertiary alicyclic amines) is 1. The molecule has 3 aromatic rings. The van der Waals surface area contributed by atoms with Crippen molar-refractivity contribution in [3.8, 4) is 11.4 Å². The Hall–Kier alpha value is -3.53. The van der Waals surface area contributed by atoms with Gasteiger partial charge in [-0.25, -0.2) is 15.0 Å². The van der Waals surface area contributed by atoms with Crippen LogP contribution in [-0.2, 0) is 6.54 Å². The Kier molecular flexibility index (Phi) is 6.38. The molecule has 1 saturated heterocycles. The molecule has 1 amide bonds. The maximum absolute atomic E-state index is 13.1. The average molecular weight is 476 g/mol. The first-order valence-corrected chi connectivity index (χ1v) is 12.2. The molecule has 1 saturated carbocycles. The van der Waals surface area contributed by atoms with Crippen molar-refractivity contribution in [2.24, 2.45) is 5.92 Å². The summed E-state index contributed by atoms with van der Waals surface area (Å²) in [5.74, 6) is 2.59. The largest absolute Gasteiger partial charge is 0.382 e. The monoisotopic (exact) mass is 475 g/mol. The highest BCUT2D eigenvalue weighted by molar-refractivity contribution is 6.00. The average Bonchev–Trinajstić information content (AvgIpc) is 3.46. The van der Waals surface area contributed by atoms with Crippen LogP contribution in [0.1, 0.15) is 37.0 Å². The van der Waals surface area contributed by atoms with Gasteiger partial charge in [0.25, 0.3) is 5.91 Å². The van der Waals surface area contributed by atoms with E-state index in [0.29, 0.717) is 29.1 Å². The number of anilines is 3. The standard InChI is InChI=1S/C25H33N9O/c1-16(2)29-21-9-23(27-11-20(21)25(35)33-14-19(15-33)32(3)4)30-22-7-8-26-24(31-22)18-10-28-34(13-18)12-17-5-6-17/h7-11,13,16-17,19H,5-6,12,14-15H2,1-4H3,(H2,26,27,29,30,31). The van der Waals surface area contributed by atoms with E-state index in [1.165, 1.54) is 12.8 Å². The van der Waals surface area contributed by atoms with Crippen molar-refractivity contribution in [2.75, 3.05) is 37.8 Å². The second-order valence-electron chi connectivity index (χ2n) is 10.0. The summed E-state index contributed by atoms with van der Waals surface area (Å²) in [5.41, 5.74) is 2.22. The SMILES string of the molecule is CC(C)Nc1cc(Nc2ccnc(-c3cnn(CC4CC4)c3)n2)ncc1C(=O)N1CC(N(C)C)C1. The molecule has 0 atom stereocenters. The van der Waals surface area contributed by atoms with E-state index in [9.17, 15) is 4.79 Å². The van der Waals surface area contributed by atoms with Crippen LogP contribution in [0.5, 0.6) is 0 Å². The summed E-state index contributed by atoms with van der Waals surface area (Å²) < 4.78 is 1.97. The molecule has 0 spiro atoms. The van der Waals surface area contributed by atoms with Crippen molar-refractivity contribution in [3.63, 3.8) is 0 Å². The summed E-state index contributed by atoms with van der Waals surface area (Å²) in [5, 5.41) is 11.1. The lowest BCUT2D eigenvalue weighted by molar-refractivity contribution is 0.0400. The number of aromatic nitrogens is 5. The van der Waals surface area contributed by atoms with Gasteiger partial charge in [-0.1, -0.05) is 0 Å². The van der Waals surface area contributed by atoms with Crippen molar-refractivity contribution < 1.29 is 4.79 Å². The van der Waals surface area contributed by atoms with E-state index in [2.05, 4.69) is 35.6 Å². The van der Waals surface area contributed by atoms with Gasteiger partial charge in [-0.15, -0.1) is 0 Å². The Morgan fingerprint density at radius 1 is 1.17 bits per heavy atom. The molecule has 2 N–H and O–H groups in total. The minimum Gasteiger partial charge on any atom is -0.382 e. The predicted molar refractivity (Wildman–Crippen MR) is 136 cm³/mol. The zero-order chi connectivity index (χ0) is 24.5. The molecule has 1 aliphatic carbocycles. The Balaban J connectivity index is 1.32. The molecule has 5 rings (SSSR count). The molecule has 0 radical (unpaired) electrons. The molecule has 10 nitrogen and oxygen atoms in total. The first-order valence-electron chi connectivity index (χ1n) is 12.2. The summed E-state index contributed by atoms with van der Waals surface area (Å²) >= 11 is 0. The second kappa shape index (κ2) is 9.61. The summed E-state index contributed by atoms with van der Waals surface area (Å²) in [6.45, 7) is 6.51. The number of nitrogens with one attached hydrogen (secondary N) is 2. The lowest BCUT2D eigenvalue weighted by atomic mass is 10.1. The number of amides is 1. The van der Waals surface area contributed by atoms with Crippen LogP contribution in [0.4, 0.5) is 17.3 Å². The van der Waals surface area contributed by atoms with E-state index >= 15 is 0 Å². The van der Waals surface area contributed by atoms with E-state index in [0.717, 1.165) is 36.8 Å². The maximum Gasteiger partial charge on any atom is 0.257 e. The fraction of sp³-hybridized carbons (Fsp3) is 0.480. The Bertz CT molecular complexity index is 1200. The van der Waals surface area contributed by atoms with Crippen LogP contribution in [0.2, 0.25) is 0 Å². The van der Waals surface area contributed by atoms with Crippen LogP contribution in [0.3, 0.4) is 0 Å². The molecule has 1 aliphatic heterocycles. The second-order valence-corrected chi connectivity index (χ2v) is 10.0. The van der Waals surface area contributed by atoms with Crippen LogP contribution < -0.4 is 10.6 Å². The lowest BCUT2D eigenvalue weighted by Gasteiger charge is -2.42. The number of carbonyl (C=O) groups is 1. The third kappa shape index (κ3) is 5.43. The smallest absolute Gasteiger partial charge is 0.257 e. The molecule has 2 aliphatic rings. The highest BCUT2D eigenvalue weighted by atomic mass is 16.2. The third-order valence-electron chi connectivity index (χ3n) is 6.40. The number of carbonyl (C=O) groups excluding carboxylic acids is 1. The van der Waals surface area contributed by atoms with Crippen LogP contribution in [0.15, 0.2) is 36.9 Å². The molecule has 184 valence electrons. The van der Waals surface area contributed by atoms with Crippen molar-refractivity contribution in [1.82, 2.24) is 34.5 Å². The van der Waals surface area contributed by atoms with Gasteiger partial charge in [0, 0.05) is 56.4 Å². The molecule has 3 aromatic heterocycles. The molecule has 0 unspecified atom stereocenters. The molecule has 0 aromatic carbocycles. The first kappa shape index (κ1) is 23.2. The highest BCUT2D eigenvalue weighted by Gasteiger charge is 2.33. The summed E-state index contributed by atoms with van der Waals surface area (Å²) in [4.78, 5) is 30.7. The Morgan fingerprint density at radius 2 is 1.97 bits per heavy atom. The van der Waals surface area contributed by atoms with Gasteiger partial charge in [-0.05, 0) is 52.8 Å². The Labute approximate surface area is 205 Å². The number of hydrogen-bond donors (Lipinski definition) is 2. The minimum absolute atomic E-state index is 0.00201. The lowest BCUT2D eigenvalue weighted by Crippen LogP contribution is -2.59. The van der Waals surface area contributed by atoms with Crippen LogP contribution in [0, 0.1) is 5.92 Å². The molecule has 0 bridgehead atoms. The molecule has 4 heterocycles. The van der Waals surface area contributed by atoms with Gasteiger partial charge in [0.2, 0.25) is 0 Å². The van der Waals surface area contributed by atoms with Crippen molar-refractivity contribution in [1.29, 1.82) is 0 Å². The van der Waals surface area contributed by atoms with Crippen LogP contribution in [0.25, 0.3) is 11.4 Å².